The van der Waals surface area contributed by atoms with Crippen molar-refractivity contribution in [3.63, 3.8) is 0 Å². The molecule has 0 spiro atoms. The van der Waals surface area contributed by atoms with Crippen LogP contribution in [0.1, 0.15) is 27.7 Å². The van der Waals surface area contributed by atoms with Gasteiger partial charge in [0.1, 0.15) is 17.4 Å². The molecule has 0 aliphatic rings. The zero-order chi connectivity index (χ0) is 16.0. The zero-order valence-corrected chi connectivity index (χ0v) is 13.0. The van der Waals surface area contributed by atoms with E-state index in [9.17, 15) is 9.59 Å². The van der Waals surface area contributed by atoms with E-state index in [-0.39, 0.29) is 0 Å². The summed E-state index contributed by atoms with van der Waals surface area (Å²) >= 11 is 0. The Hall–Kier alpha value is -2.24. The summed E-state index contributed by atoms with van der Waals surface area (Å²) in [6.45, 7) is 6.89. The van der Waals surface area contributed by atoms with Crippen molar-refractivity contribution in [2.45, 2.75) is 39.3 Å². The molecule has 2 N–H and O–H groups in total. The summed E-state index contributed by atoms with van der Waals surface area (Å²) in [6, 6.07) is 5.66. The topological polar surface area (TPSA) is 76.7 Å². The van der Waals surface area contributed by atoms with Gasteiger partial charge in [-0.2, -0.15) is 0 Å². The number of nitrogens with one attached hydrogen (secondary N) is 2. The molecule has 0 bridgehead atoms. The smallest absolute Gasteiger partial charge is 0.328 e. The lowest BCUT2D eigenvalue weighted by atomic mass is 10.2. The molecule has 0 radical (unpaired) electrons. The van der Waals surface area contributed by atoms with Gasteiger partial charge < -0.3 is 20.1 Å². The van der Waals surface area contributed by atoms with Crippen molar-refractivity contribution in [2.24, 2.45) is 0 Å². The number of hydrogen-bond donors (Lipinski definition) is 2. The molecular weight excluding hydrogens is 272 g/mol. The van der Waals surface area contributed by atoms with Crippen molar-refractivity contribution in [3.05, 3.63) is 24.3 Å². The highest BCUT2D eigenvalue weighted by Crippen LogP contribution is 2.15. The van der Waals surface area contributed by atoms with Gasteiger partial charge in [0.2, 0.25) is 0 Å². The summed E-state index contributed by atoms with van der Waals surface area (Å²) in [6.07, 6.45) is 0. The summed E-state index contributed by atoms with van der Waals surface area (Å²) in [7, 11) is 1.57. The third-order valence-corrected chi connectivity index (χ3v) is 2.46. The lowest BCUT2D eigenvalue weighted by molar-refractivity contribution is -0.156. The molecule has 0 aromatic heterocycles. The summed E-state index contributed by atoms with van der Waals surface area (Å²) < 4.78 is 10.2. The van der Waals surface area contributed by atoms with E-state index in [1.54, 1.807) is 59.1 Å². The van der Waals surface area contributed by atoms with Crippen molar-refractivity contribution in [1.82, 2.24) is 5.32 Å². The predicted molar refractivity (Wildman–Crippen MR) is 80.5 cm³/mol. The number of urea groups is 1. The molecule has 0 saturated carbocycles. The molecule has 0 fully saturated rings. The van der Waals surface area contributed by atoms with Gasteiger partial charge in [0.05, 0.1) is 7.11 Å². The van der Waals surface area contributed by atoms with Crippen LogP contribution in [-0.2, 0) is 9.53 Å². The molecule has 6 heteroatoms. The van der Waals surface area contributed by atoms with Gasteiger partial charge in [-0.15, -0.1) is 0 Å². The Morgan fingerprint density at radius 2 is 1.71 bits per heavy atom. The van der Waals surface area contributed by atoms with Crippen LogP contribution in [0.2, 0.25) is 0 Å². The van der Waals surface area contributed by atoms with Crippen molar-refractivity contribution < 1.29 is 19.1 Å². The monoisotopic (exact) mass is 294 g/mol. The fourth-order valence-electron chi connectivity index (χ4n) is 1.49. The van der Waals surface area contributed by atoms with Gasteiger partial charge in [-0.25, -0.2) is 9.59 Å². The first-order valence-corrected chi connectivity index (χ1v) is 6.65. The second-order valence-electron chi connectivity index (χ2n) is 5.58. The first kappa shape index (κ1) is 16.8. The number of ether oxygens (including phenoxy) is 2. The van der Waals surface area contributed by atoms with Gasteiger partial charge in [0.15, 0.2) is 0 Å². The van der Waals surface area contributed by atoms with Crippen molar-refractivity contribution >= 4 is 17.7 Å². The number of hydrogen-bond acceptors (Lipinski definition) is 4. The highest BCUT2D eigenvalue weighted by atomic mass is 16.6. The van der Waals surface area contributed by atoms with Crippen LogP contribution in [0, 0.1) is 0 Å². The van der Waals surface area contributed by atoms with Gasteiger partial charge in [0.25, 0.3) is 0 Å². The molecular formula is C15H22N2O4. The molecule has 0 aliphatic carbocycles. The number of carbonyl (C=O) groups is 2. The average molecular weight is 294 g/mol. The van der Waals surface area contributed by atoms with Crippen LogP contribution in [0.15, 0.2) is 24.3 Å². The fraction of sp³-hybridized carbons (Fsp3) is 0.467. The quantitative estimate of drug-likeness (QED) is 0.837. The second-order valence-corrected chi connectivity index (χ2v) is 5.58. The number of rotatable bonds is 4. The minimum Gasteiger partial charge on any atom is -0.497 e. The first-order chi connectivity index (χ1) is 9.71. The average Bonchev–Trinajstić information content (AvgIpc) is 2.37. The maximum Gasteiger partial charge on any atom is 0.328 e. The van der Waals surface area contributed by atoms with Gasteiger partial charge in [0, 0.05) is 5.69 Å². The Morgan fingerprint density at radius 3 is 2.19 bits per heavy atom. The number of benzene rings is 1. The molecule has 1 rings (SSSR count). The van der Waals surface area contributed by atoms with E-state index in [2.05, 4.69) is 10.6 Å². The standard InChI is InChI=1S/C15H22N2O4/c1-10(13(18)21-15(2,3)4)16-14(19)17-11-6-8-12(20-5)9-7-11/h6-10H,1-5H3,(H2,16,17,19)/t10-/m0/s1. The van der Waals surface area contributed by atoms with E-state index in [4.69, 9.17) is 9.47 Å². The lowest BCUT2D eigenvalue weighted by Crippen LogP contribution is -2.43. The van der Waals surface area contributed by atoms with E-state index in [1.165, 1.54) is 0 Å². The minimum atomic E-state index is -0.734. The molecule has 0 aliphatic heterocycles. The largest absolute Gasteiger partial charge is 0.497 e. The van der Waals surface area contributed by atoms with Crippen LogP contribution in [0.4, 0.5) is 10.5 Å². The molecule has 1 aromatic carbocycles. The Balaban J connectivity index is 2.50. The van der Waals surface area contributed by atoms with E-state index in [1.807, 2.05) is 0 Å². The van der Waals surface area contributed by atoms with Gasteiger partial charge >= 0.3 is 12.0 Å². The van der Waals surface area contributed by atoms with Crippen LogP contribution in [0.5, 0.6) is 5.75 Å². The summed E-state index contributed by atoms with van der Waals surface area (Å²) in [5.41, 5.74) is 0.0177. The zero-order valence-electron chi connectivity index (χ0n) is 13.0. The minimum absolute atomic E-state index is 0.474. The summed E-state index contributed by atoms with van der Waals surface area (Å²) in [5, 5.41) is 5.15. The molecule has 1 aromatic rings. The Bertz CT molecular complexity index is 491. The number of carbonyl (C=O) groups excluding carboxylic acids is 2. The maximum absolute atomic E-state index is 11.8. The third kappa shape index (κ3) is 6.16. The fourth-order valence-corrected chi connectivity index (χ4v) is 1.49. The highest BCUT2D eigenvalue weighted by molar-refractivity contribution is 5.92. The summed E-state index contributed by atoms with van der Waals surface area (Å²) in [4.78, 5) is 23.5. The van der Waals surface area contributed by atoms with E-state index in [0.29, 0.717) is 11.4 Å². The van der Waals surface area contributed by atoms with E-state index in [0.717, 1.165) is 0 Å². The SMILES string of the molecule is COc1ccc(NC(=O)N[C@@H](C)C(=O)OC(C)(C)C)cc1. The van der Waals surface area contributed by atoms with E-state index < -0.39 is 23.6 Å². The van der Waals surface area contributed by atoms with Crippen molar-refractivity contribution in [1.29, 1.82) is 0 Å². The number of amides is 2. The van der Waals surface area contributed by atoms with Crippen LogP contribution in [0.25, 0.3) is 0 Å². The Labute approximate surface area is 124 Å². The normalized spacial score (nSPS) is 12.2. The number of anilines is 1. The highest BCUT2D eigenvalue weighted by Gasteiger charge is 2.22. The second kappa shape index (κ2) is 6.97. The van der Waals surface area contributed by atoms with Gasteiger partial charge in [-0.05, 0) is 52.0 Å². The van der Waals surface area contributed by atoms with Crippen molar-refractivity contribution in [2.75, 3.05) is 12.4 Å². The summed E-state index contributed by atoms with van der Waals surface area (Å²) in [5.74, 6) is 0.218. The Morgan fingerprint density at radius 1 is 1.14 bits per heavy atom. The number of esters is 1. The van der Waals surface area contributed by atoms with Crippen LogP contribution < -0.4 is 15.4 Å². The molecule has 2 amide bonds. The maximum atomic E-state index is 11.8. The molecule has 0 saturated heterocycles. The molecule has 0 heterocycles. The molecule has 0 unspecified atom stereocenters. The predicted octanol–water partition coefficient (Wildman–Crippen LogP) is 2.55. The lowest BCUT2D eigenvalue weighted by Gasteiger charge is -2.22. The van der Waals surface area contributed by atoms with Gasteiger partial charge in [-0.1, -0.05) is 0 Å². The molecule has 116 valence electrons. The van der Waals surface area contributed by atoms with Crippen molar-refractivity contribution in [3.8, 4) is 5.75 Å². The molecule has 1 atom stereocenters. The number of methoxy groups -OCH3 is 1. The van der Waals surface area contributed by atoms with Crippen LogP contribution in [0.3, 0.4) is 0 Å². The van der Waals surface area contributed by atoms with Crippen LogP contribution >= 0.6 is 0 Å². The first-order valence-electron chi connectivity index (χ1n) is 6.65. The van der Waals surface area contributed by atoms with Gasteiger partial charge in [-0.3, -0.25) is 0 Å². The molecule has 21 heavy (non-hydrogen) atoms. The van der Waals surface area contributed by atoms with E-state index >= 15 is 0 Å². The third-order valence-electron chi connectivity index (χ3n) is 2.46. The Kier molecular flexibility index (Phi) is 5.58. The molecule has 6 nitrogen and oxygen atoms in total. The van der Waals surface area contributed by atoms with Crippen LogP contribution in [-0.4, -0.2) is 30.8 Å².